The minimum atomic E-state index is -0.844. The average molecular weight is 426 g/mol. The fourth-order valence-electron chi connectivity index (χ4n) is 4.01. The number of hydrogen-bond donors (Lipinski definition) is 3. The summed E-state index contributed by atoms with van der Waals surface area (Å²) in [7, 11) is 0. The maximum atomic E-state index is 14.9. The number of aliphatic hydroxyl groups is 1. The molecule has 2 aromatic heterocycles. The molecule has 1 aliphatic carbocycles. The summed E-state index contributed by atoms with van der Waals surface area (Å²) in [6.07, 6.45) is 6.75. The van der Waals surface area contributed by atoms with Gasteiger partial charge in [0.05, 0.1) is 24.0 Å². The maximum absolute atomic E-state index is 14.9. The van der Waals surface area contributed by atoms with E-state index in [2.05, 4.69) is 15.3 Å². The molecule has 0 unspecified atom stereocenters. The second-order valence-corrected chi connectivity index (χ2v) is 8.86. The van der Waals surface area contributed by atoms with E-state index in [1.165, 1.54) is 6.07 Å². The third kappa shape index (κ3) is 5.11. The van der Waals surface area contributed by atoms with Crippen molar-refractivity contribution in [2.75, 3.05) is 6.61 Å². The fraction of sp³-hybridized carbons (Fsp3) is 0.417. The summed E-state index contributed by atoms with van der Waals surface area (Å²) in [6.45, 7) is 3.74. The number of halogens is 1. The summed E-state index contributed by atoms with van der Waals surface area (Å²) in [6, 6.07) is 8.25. The number of amides is 1. The Bertz CT molecular complexity index is 1070. The number of pyridine rings is 1. The maximum Gasteiger partial charge on any atom is 0.251 e. The number of carbonyl (C=O) groups excluding carboxylic acids is 1. The summed E-state index contributed by atoms with van der Waals surface area (Å²) >= 11 is 0. The van der Waals surface area contributed by atoms with Crippen molar-refractivity contribution in [1.29, 1.82) is 0 Å². The van der Waals surface area contributed by atoms with Gasteiger partial charge in [0.25, 0.3) is 5.91 Å². The first-order chi connectivity index (χ1) is 14.8. The Kier molecular flexibility index (Phi) is 6.07. The molecular weight excluding hydrogens is 397 g/mol. The van der Waals surface area contributed by atoms with E-state index in [0.717, 1.165) is 36.6 Å². The third-order valence-corrected chi connectivity index (χ3v) is 5.65. The Balaban J connectivity index is 1.38. The van der Waals surface area contributed by atoms with E-state index < -0.39 is 11.4 Å². The van der Waals surface area contributed by atoms with Crippen molar-refractivity contribution in [3.8, 4) is 11.3 Å². The highest BCUT2D eigenvalue weighted by molar-refractivity contribution is 5.96. The van der Waals surface area contributed by atoms with Crippen LogP contribution in [0.15, 0.2) is 42.7 Å². The first-order valence-corrected chi connectivity index (χ1v) is 10.7. The minimum Gasteiger partial charge on any atom is -0.388 e. The Morgan fingerprint density at radius 3 is 2.74 bits per heavy atom. The van der Waals surface area contributed by atoms with Crippen LogP contribution in [-0.2, 0) is 4.74 Å². The predicted molar refractivity (Wildman–Crippen MR) is 117 cm³/mol. The number of fused-ring (bicyclic) bond motifs is 1. The highest BCUT2D eigenvalue weighted by Gasteiger charge is 2.25. The fourth-order valence-corrected chi connectivity index (χ4v) is 4.01. The van der Waals surface area contributed by atoms with Crippen molar-refractivity contribution in [1.82, 2.24) is 15.3 Å². The van der Waals surface area contributed by atoms with E-state index in [4.69, 9.17) is 4.74 Å². The van der Waals surface area contributed by atoms with Crippen LogP contribution in [0.4, 0.5) is 4.39 Å². The molecule has 1 saturated carbocycles. The molecular formula is C24H28FN3O3. The molecule has 6 nitrogen and oxygen atoms in total. The molecule has 1 fully saturated rings. The quantitative estimate of drug-likeness (QED) is 0.552. The van der Waals surface area contributed by atoms with Crippen LogP contribution in [0.5, 0.6) is 0 Å². The lowest BCUT2D eigenvalue weighted by Crippen LogP contribution is -2.40. The summed E-state index contributed by atoms with van der Waals surface area (Å²) in [5.41, 5.74) is 1.25. The van der Waals surface area contributed by atoms with Crippen LogP contribution in [-0.4, -0.2) is 45.3 Å². The van der Waals surface area contributed by atoms with Crippen LogP contribution in [0.2, 0.25) is 0 Å². The van der Waals surface area contributed by atoms with Gasteiger partial charge in [0.1, 0.15) is 5.82 Å². The zero-order valence-electron chi connectivity index (χ0n) is 17.8. The zero-order chi connectivity index (χ0) is 22.0. The summed E-state index contributed by atoms with van der Waals surface area (Å²) in [5.74, 6) is -0.753. The second kappa shape index (κ2) is 8.77. The van der Waals surface area contributed by atoms with Gasteiger partial charge in [-0.15, -0.1) is 0 Å². The normalized spacial score (nSPS) is 19.5. The van der Waals surface area contributed by atoms with Crippen LogP contribution in [0.1, 0.15) is 49.9 Å². The molecule has 0 spiro atoms. The summed E-state index contributed by atoms with van der Waals surface area (Å²) < 4.78 is 20.6. The molecule has 1 amide bonds. The molecule has 0 radical (unpaired) electrons. The number of aromatic nitrogens is 2. The number of nitrogens with one attached hydrogen (secondary N) is 2. The van der Waals surface area contributed by atoms with Gasteiger partial charge in [0.2, 0.25) is 0 Å². The lowest BCUT2D eigenvalue weighted by molar-refractivity contribution is -0.0640. The molecule has 0 atom stereocenters. The Hall–Kier alpha value is -2.77. The van der Waals surface area contributed by atoms with Crippen molar-refractivity contribution in [3.05, 3.63) is 54.1 Å². The molecule has 7 heteroatoms. The highest BCUT2D eigenvalue weighted by atomic mass is 19.1. The number of H-pyrrole nitrogens is 1. The number of nitrogens with zero attached hydrogens (tertiary/aromatic N) is 1. The first-order valence-electron chi connectivity index (χ1n) is 10.7. The lowest BCUT2D eigenvalue weighted by atomic mass is 9.92. The SMILES string of the molecule is CC(C)(O)CO[C@H]1CC[C@H](NC(=O)c2ccc(-c3nccc4[nH]ccc34)c(F)c2)CC1. The van der Waals surface area contributed by atoms with E-state index >= 15 is 0 Å². The smallest absolute Gasteiger partial charge is 0.251 e. The third-order valence-electron chi connectivity index (χ3n) is 5.65. The number of ether oxygens (including phenoxy) is 1. The summed E-state index contributed by atoms with van der Waals surface area (Å²) in [4.78, 5) is 20.1. The molecule has 2 heterocycles. The number of aromatic amines is 1. The van der Waals surface area contributed by atoms with Crippen molar-refractivity contribution in [3.63, 3.8) is 0 Å². The molecule has 1 aromatic carbocycles. The van der Waals surface area contributed by atoms with Gasteiger partial charge in [0, 0.05) is 40.5 Å². The topological polar surface area (TPSA) is 87.2 Å². The van der Waals surface area contributed by atoms with Crippen LogP contribution < -0.4 is 5.32 Å². The predicted octanol–water partition coefficient (Wildman–Crippen LogP) is 4.20. The average Bonchev–Trinajstić information content (AvgIpc) is 3.22. The molecule has 164 valence electrons. The molecule has 0 bridgehead atoms. The van der Waals surface area contributed by atoms with Gasteiger partial charge < -0.3 is 20.1 Å². The first kappa shape index (κ1) is 21.5. The van der Waals surface area contributed by atoms with Gasteiger partial charge in [-0.1, -0.05) is 0 Å². The molecule has 3 N–H and O–H groups in total. The minimum absolute atomic E-state index is 0.0347. The number of carbonyl (C=O) groups is 1. The largest absolute Gasteiger partial charge is 0.388 e. The van der Waals surface area contributed by atoms with Crippen molar-refractivity contribution in [2.24, 2.45) is 0 Å². The number of benzene rings is 1. The van der Waals surface area contributed by atoms with E-state index in [9.17, 15) is 14.3 Å². The van der Waals surface area contributed by atoms with Gasteiger partial charge in [-0.2, -0.15) is 0 Å². The summed E-state index contributed by atoms with van der Waals surface area (Å²) in [5, 5.41) is 13.6. The molecule has 0 aliphatic heterocycles. The van der Waals surface area contributed by atoms with Crippen molar-refractivity contribution < 1.29 is 19.0 Å². The van der Waals surface area contributed by atoms with Crippen LogP contribution >= 0.6 is 0 Å². The van der Waals surface area contributed by atoms with Gasteiger partial charge in [-0.05, 0) is 69.9 Å². The second-order valence-electron chi connectivity index (χ2n) is 8.86. The highest BCUT2D eigenvalue weighted by Crippen LogP contribution is 2.29. The van der Waals surface area contributed by atoms with Crippen LogP contribution in [0.3, 0.4) is 0 Å². The van der Waals surface area contributed by atoms with Gasteiger partial charge in [-0.3, -0.25) is 9.78 Å². The number of hydrogen-bond acceptors (Lipinski definition) is 4. The zero-order valence-corrected chi connectivity index (χ0v) is 17.8. The van der Waals surface area contributed by atoms with Gasteiger partial charge in [-0.25, -0.2) is 4.39 Å². The van der Waals surface area contributed by atoms with E-state index in [-0.39, 0.29) is 18.1 Å². The van der Waals surface area contributed by atoms with Gasteiger partial charge in [0.15, 0.2) is 0 Å². The van der Waals surface area contributed by atoms with E-state index in [1.54, 1.807) is 38.4 Å². The Morgan fingerprint density at radius 2 is 2.03 bits per heavy atom. The van der Waals surface area contributed by atoms with Crippen molar-refractivity contribution in [2.45, 2.75) is 57.3 Å². The van der Waals surface area contributed by atoms with Crippen LogP contribution in [0.25, 0.3) is 22.2 Å². The molecule has 0 saturated heterocycles. The molecule has 3 aromatic rings. The van der Waals surface area contributed by atoms with Crippen molar-refractivity contribution >= 4 is 16.8 Å². The molecule has 4 rings (SSSR count). The monoisotopic (exact) mass is 425 g/mol. The van der Waals surface area contributed by atoms with Gasteiger partial charge >= 0.3 is 0 Å². The van der Waals surface area contributed by atoms with Crippen LogP contribution in [0, 0.1) is 5.82 Å². The standard InChI is InChI=1S/C24H28FN3O3/c1-24(2,30)14-31-17-6-4-16(5-7-17)28-23(29)15-3-8-18(20(25)13-15)22-19-9-11-26-21(19)10-12-27-22/h3,8-13,16-17,26,30H,4-7,14H2,1-2H3,(H,28,29)/t16-,17-. The number of rotatable bonds is 6. The van der Waals surface area contributed by atoms with E-state index in [0.29, 0.717) is 23.4 Å². The Morgan fingerprint density at radius 1 is 1.26 bits per heavy atom. The molecule has 31 heavy (non-hydrogen) atoms. The Labute approximate surface area is 180 Å². The molecule has 1 aliphatic rings. The van der Waals surface area contributed by atoms with E-state index in [1.807, 2.05) is 12.1 Å². The lowest BCUT2D eigenvalue weighted by Gasteiger charge is -2.30.